The quantitative estimate of drug-likeness (QED) is 0.671. The first-order valence-electron chi connectivity index (χ1n) is 7.49. The van der Waals surface area contributed by atoms with Crippen LogP contribution in [0.3, 0.4) is 0 Å². The van der Waals surface area contributed by atoms with Gasteiger partial charge in [0.15, 0.2) is 0 Å². The van der Waals surface area contributed by atoms with Gasteiger partial charge in [0.25, 0.3) is 0 Å². The van der Waals surface area contributed by atoms with Gasteiger partial charge in [-0.2, -0.15) is 0 Å². The monoisotopic (exact) mass is 285 g/mol. The van der Waals surface area contributed by atoms with Gasteiger partial charge in [-0.05, 0) is 20.3 Å². The van der Waals surface area contributed by atoms with E-state index in [9.17, 15) is 9.59 Å². The summed E-state index contributed by atoms with van der Waals surface area (Å²) in [5, 5.41) is 3.27. The zero-order valence-electron chi connectivity index (χ0n) is 12.9. The Morgan fingerprint density at radius 2 is 1.95 bits per heavy atom. The van der Waals surface area contributed by atoms with Gasteiger partial charge in [-0.25, -0.2) is 0 Å². The summed E-state index contributed by atoms with van der Waals surface area (Å²) in [6.07, 6.45) is 0.833. The van der Waals surface area contributed by atoms with Gasteiger partial charge in [0.2, 0.25) is 5.91 Å². The maximum absolute atomic E-state index is 12.5. The highest BCUT2D eigenvalue weighted by atomic mass is 16.5. The van der Waals surface area contributed by atoms with Gasteiger partial charge in [0, 0.05) is 32.7 Å². The number of esters is 1. The van der Waals surface area contributed by atoms with Gasteiger partial charge in [-0.15, -0.1) is 0 Å². The van der Waals surface area contributed by atoms with Crippen molar-refractivity contribution in [1.82, 2.24) is 15.1 Å². The second kappa shape index (κ2) is 8.92. The third-order valence-corrected chi connectivity index (χ3v) is 3.49. The molecule has 1 rings (SSSR count). The highest BCUT2D eigenvalue weighted by molar-refractivity contribution is 5.85. The van der Waals surface area contributed by atoms with E-state index < -0.39 is 0 Å². The molecule has 1 saturated heterocycles. The molecular formula is C14H27N3O3. The minimum absolute atomic E-state index is 0.0156. The van der Waals surface area contributed by atoms with E-state index in [1.54, 1.807) is 11.8 Å². The number of ether oxygens (including phenoxy) is 1. The number of nitrogens with zero attached hydrogens (tertiary/aromatic N) is 2. The summed E-state index contributed by atoms with van der Waals surface area (Å²) in [6.45, 7) is 10.2. The molecule has 1 amide bonds. The van der Waals surface area contributed by atoms with Crippen molar-refractivity contribution < 1.29 is 14.3 Å². The molecule has 0 spiro atoms. The molecule has 0 aromatic heterocycles. The van der Waals surface area contributed by atoms with Gasteiger partial charge in [0.05, 0.1) is 12.6 Å². The fraction of sp³-hybridized carbons (Fsp3) is 0.857. The second-order valence-corrected chi connectivity index (χ2v) is 5.03. The Labute approximate surface area is 121 Å². The van der Waals surface area contributed by atoms with E-state index in [-0.39, 0.29) is 24.5 Å². The molecule has 1 aliphatic heterocycles. The number of nitrogens with one attached hydrogen (secondary N) is 1. The predicted molar refractivity (Wildman–Crippen MR) is 77.4 cm³/mol. The lowest BCUT2D eigenvalue weighted by atomic mass is 10.2. The molecule has 0 saturated carbocycles. The molecule has 0 aliphatic carbocycles. The number of hydrogen-bond donors (Lipinski definition) is 1. The van der Waals surface area contributed by atoms with Crippen molar-refractivity contribution in [2.75, 3.05) is 45.9 Å². The molecule has 1 heterocycles. The lowest BCUT2D eigenvalue weighted by molar-refractivity contribution is -0.150. The molecule has 1 unspecified atom stereocenters. The van der Waals surface area contributed by atoms with Crippen LogP contribution in [0.5, 0.6) is 0 Å². The van der Waals surface area contributed by atoms with Crippen molar-refractivity contribution in [3.05, 3.63) is 0 Å². The Balaban J connectivity index is 2.59. The van der Waals surface area contributed by atoms with Crippen molar-refractivity contribution in [2.45, 2.75) is 33.2 Å². The minimum Gasteiger partial charge on any atom is -0.465 e. The van der Waals surface area contributed by atoms with Crippen LogP contribution in [0.25, 0.3) is 0 Å². The zero-order chi connectivity index (χ0) is 15.0. The van der Waals surface area contributed by atoms with Crippen molar-refractivity contribution in [3.8, 4) is 0 Å². The zero-order valence-corrected chi connectivity index (χ0v) is 12.9. The Morgan fingerprint density at radius 3 is 2.50 bits per heavy atom. The molecule has 0 radical (unpaired) electrons. The van der Waals surface area contributed by atoms with E-state index in [1.165, 1.54) is 0 Å². The average molecular weight is 285 g/mol. The van der Waals surface area contributed by atoms with Crippen LogP contribution in [0.4, 0.5) is 0 Å². The first-order chi connectivity index (χ1) is 9.60. The lowest BCUT2D eigenvalue weighted by Crippen LogP contribution is -2.54. The largest absolute Gasteiger partial charge is 0.465 e. The maximum atomic E-state index is 12.5. The Hall–Kier alpha value is -1.14. The van der Waals surface area contributed by atoms with Crippen LogP contribution in [-0.4, -0.2) is 73.6 Å². The van der Waals surface area contributed by atoms with E-state index in [0.717, 1.165) is 32.6 Å². The van der Waals surface area contributed by atoms with E-state index in [1.807, 2.05) is 13.8 Å². The molecule has 0 aromatic rings. The van der Waals surface area contributed by atoms with Gasteiger partial charge < -0.3 is 15.0 Å². The highest BCUT2D eigenvalue weighted by Crippen LogP contribution is 2.06. The Kier molecular flexibility index (Phi) is 7.54. The van der Waals surface area contributed by atoms with Crippen LogP contribution in [0.2, 0.25) is 0 Å². The molecule has 116 valence electrons. The summed E-state index contributed by atoms with van der Waals surface area (Å²) >= 11 is 0. The summed E-state index contributed by atoms with van der Waals surface area (Å²) in [5.74, 6) is -0.316. The van der Waals surface area contributed by atoms with E-state index in [0.29, 0.717) is 13.2 Å². The number of rotatable bonds is 7. The number of hydrogen-bond acceptors (Lipinski definition) is 5. The summed E-state index contributed by atoms with van der Waals surface area (Å²) in [4.78, 5) is 27.9. The topological polar surface area (TPSA) is 61.9 Å². The number of amides is 1. The van der Waals surface area contributed by atoms with Crippen molar-refractivity contribution in [3.63, 3.8) is 0 Å². The van der Waals surface area contributed by atoms with E-state index in [4.69, 9.17) is 4.74 Å². The smallest absolute Gasteiger partial charge is 0.325 e. The minimum atomic E-state index is -0.332. The maximum Gasteiger partial charge on any atom is 0.325 e. The molecule has 0 aromatic carbocycles. The first-order valence-corrected chi connectivity index (χ1v) is 7.49. The van der Waals surface area contributed by atoms with Crippen molar-refractivity contribution >= 4 is 11.9 Å². The fourth-order valence-electron chi connectivity index (χ4n) is 2.39. The Bertz CT molecular complexity index is 317. The molecule has 1 fully saturated rings. The first kappa shape index (κ1) is 16.9. The molecule has 6 nitrogen and oxygen atoms in total. The van der Waals surface area contributed by atoms with E-state index in [2.05, 4.69) is 10.2 Å². The lowest BCUT2D eigenvalue weighted by Gasteiger charge is -2.34. The van der Waals surface area contributed by atoms with Crippen LogP contribution < -0.4 is 5.32 Å². The molecule has 20 heavy (non-hydrogen) atoms. The molecule has 0 bridgehead atoms. The van der Waals surface area contributed by atoms with Crippen LogP contribution >= 0.6 is 0 Å². The van der Waals surface area contributed by atoms with Crippen molar-refractivity contribution in [2.24, 2.45) is 0 Å². The number of piperazine rings is 1. The second-order valence-electron chi connectivity index (χ2n) is 5.03. The van der Waals surface area contributed by atoms with Crippen molar-refractivity contribution in [1.29, 1.82) is 0 Å². The van der Waals surface area contributed by atoms with Crippen LogP contribution in [0.1, 0.15) is 27.2 Å². The fourth-order valence-corrected chi connectivity index (χ4v) is 2.39. The molecule has 1 atom stereocenters. The number of carbonyl (C=O) groups is 2. The molecule has 1 N–H and O–H groups in total. The standard InChI is InChI=1S/C14H27N3O3/c1-4-8-17(11-13(18)20-5-2)14(19)12(3)16-9-6-15-7-10-16/h12,15H,4-11H2,1-3H3. The number of carbonyl (C=O) groups excluding carboxylic acids is 2. The van der Waals surface area contributed by atoms with Gasteiger partial charge in [0.1, 0.15) is 6.54 Å². The van der Waals surface area contributed by atoms with Crippen LogP contribution in [0, 0.1) is 0 Å². The average Bonchev–Trinajstić information content (AvgIpc) is 2.46. The van der Waals surface area contributed by atoms with Crippen LogP contribution in [0.15, 0.2) is 0 Å². The summed E-state index contributed by atoms with van der Waals surface area (Å²) in [7, 11) is 0. The third-order valence-electron chi connectivity index (χ3n) is 3.49. The van der Waals surface area contributed by atoms with Gasteiger partial charge >= 0.3 is 5.97 Å². The Morgan fingerprint density at radius 1 is 1.30 bits per heavy atom. The van der Waals surface area contributed by atoms with Crippen LogP contribution in [-0.2, 0) is 14.3 Å². The predicted octanol–water partition coefficient (Wildman–Crippen LogP) is 0.0818. The summed E-state index contributed by atoms with van der Waals surface area (Å²) in [6, 6.07) is -0.182. The summed E-state index contributed by atoms with van der Waals surface area (Å²) in [5.41, 5.74) is 0. The normalized spacial score (nSPS) is 17.6. The molecule has 1 aliphatic rings. The van der Waals surface area contributed by atoms with Gasteiger partial charge in [-0.1, -0.05) is 6.92 Å². The van der Waals surface area contributed by atoms with E-state index >= 15 is 0 Å². The summed E-state index contributed by atoms with van der Waals surface area (Å²) < 4.78 is 4.94. The third kappa shape index (κ3) is 5.09. The SMILES string of the molecule is CCCN(CC(=O)OCC)C(=O)C(C)N1CCNCC1. The highest BCUT2D eigenvalue weighted by Gasteiger charge is 2.27. The van der Waals surface area contributed by atoms with Gasteiger partial charge in [-0.3, -0.25) is 14.5 Å². The molecular weight excluding hydrogens is 258 g/mol. The molecule has 6 heteroatoms.